The van der Waals surface area contributed by atoms with Crippen LogP contribution in [0, 0.1) is 0 Å². The third-order valence-electron chi connectivity index (χ3n) is 8.73. The molecule has 0 atom stereocenters. The van der Waals surface area contributed by atoms with Crippen LogP contribution >= 0.6 is 26.2 Å². The fourth-order valence-electron chi connectivity index (χ4n) is 5.92. The van der Waals surface area contributed by atoms with Gasteiger partial charge in [-0.2, -0.15) is 17.2 Å². The van der Waals surface area contributed by atoms with Crippen molar-refractivity contribution in [3.63, 3.8) is 0 Å². The number of benzene rings is 3. The smallest absolute Gasteiger partial charge is 0.460 e. The maximum Gasteiger partial charge on any atom is 0.466 e. The molecule has 0 aliphatic carbocycles. The molecular formula is C40H55BrF2O5S2. The molecule has 0 saturated heterocycles. The van der Waals surface area contributed by atoms with Crippen LogP contribution in [0.1, 0.15) is 116 Å². The minimum absolute atomic E-state index is 0.283. The van der Waals surface area contributed by atoms with Crippen LogP contribution in [0.15, 0.2) is 106 Å². The highest BCUT2D eigenvalue weighted by atomic mass is 79.9. The first-order valence-corrected chi connectivity index (χ1v) is 22.4. The van der Waals surface area contributed by atoms with Gasteiger partial charge < -0.3 is 4.74 Å². The highest BCUT2D eigenvalue weighted by Crippen LogP contribution is 2.70. The van der Waals surface area contributed by atoms with Crippen molar-refractivity contribution in [3.05, 3.63) is 91.0 Å². The van der Waals surface area contributed by atoms with Crippen LogP contribution in [-0.2, 0) is 23.3 Å². The minimum Gasteiger partial charge on any atom is -0.460 e. The van der Waals surface area contributed by atoms with Crippen molar-refractivity contribution in [3.8, 4) is 0 Å². The Kier molecular flexibility index (Phi) is 19.7. The predicted molar refractivity (Wildman–Crippen MR) is 205 cm³/mol. The number of ether oxygens (including phenoxy) is 1. The van der Waals surface area contributed by atoms with Crippen LogP contribution in [0.3, 0.4) is 0 Å². The Morgan fingerprint density at radius 2 is 0.820 bits per heavy atom. The second-order valence-electron chi connectivity index (χ2n) is 12.7. The van der Waals surface area contributed by atoms with Gasteiger partial charge in [-0.05, 0) is 59.5 Å². The van der Waals surface area contributed by atoms with E-state index in [4.69, 9.17) is 8.37 Å². The molecule has 0 N–H and O–H groups in total. The van der Waals surface area contributed by atoms with E-state index in [0.717, 1.165) is 24.6 Å². The van der Waals surface area contributed by atoms with Gasteiger partial charge in [0.05, 0.1) is 6.61 Å². The first kappa shape index (κ1) is 42.1. The molecule has 278 valence electrons. The molecule has 0 fully saturated rings. The largest absolute Gasteiger partial charge is 0.466 e. The summed E-state index contributed by atoms with van der Waals surface area (Å²) in [6.45, 7) is -0.283. The average molecular weight is 798 g/mol. The lowest BCUT2D eigenvalue weighted by Gasteiger charge is -2.39. The lowest BCUT2D eigenvalue weighted by Crippen LogP contribution is -2.41. The number of esters is 1. The van der Waals surface area contributed by atoms with E-state index in [0.29, 0.717) is 27.5 Å². The van der Waals surface area contributed by atoms with Gasteiger partial charge in [-0.3, -0.25) is 0 Å². The lowest BCUT2D eigenvalue weighted by molar-refractivity contribution is -0.161. The van der Waals surface area contributed by atoms with Crippen molar-refractivity contribution in [2.24, 2.45) is 0 Å². The van der Waals surface area contributed by atoms with Crippen LogP contribution in [-0.4, -0.2) is 31.6 Å². The maximum atomic E-state index is 15.4. The van der Waals surface area contributed by atoms with Crippen molar-refractivity contribution in [2.45, 2.75) is 136 Å². The second kappa shape index (κ2) is 23.3. The van der Waals surface area contributed by atoms with Crippen molar-refractivity contribution < 1.29 is 30.4 Å². The van der Waals surface area contributed by atoms with Gasteiger partial charge in [-0.15, -0.1) is 0 Å². The van der Waals surface area contributed by atoms with Gasteiger partial charge in [0.15, 0.2) is 0 Å². The molecule has 0 amide bonds. The SMILES string of the molecule is O=C(OCCCCCCCCCCCCCCCCCCCCBr)C(F)(F)S(=O)(=O)OS(c1ccccc1)(c1ccccc1)c1ccccc1. The summed E-state index contributed by atoms with van der Waals surface area (Å²) >= 11 is 3.49. The van der Waals surface area contributed by atoms with E-state index in [1.165, 1.54) is 83.5 Å². The molecule has 0 unspecified atom stereocenters. The zero-order valence-corrected chi connectivity index (χ0v) is 32.5. The van der Waals surface area contributed by atoms with Crippen LogP contribution < -0.4 is 0 Å². The molecule has 0 aliphatic rings. The van der Waals surface area contributed by atoms with Gasteiger partial charge in [0, 0.05) is 20.0 Å². The first-order valence-electron chi connectivity index (χ1n) is 18.3. The van der Waals surface area contributed by atoms with Crippen LogP contribution in [0.2, 0.25) is 0 Å². The summed E-state index contributed by atoms with van der Waals surface area (Å²) in [5.74, 6) is -2.12. The number of hydrogen-bond acceptors (Lipinski definition) is 5. The molecular weight excluding hydrogens is 742 g/mol. The van der Waals surface area contributed by atoms with E-state index < -0.39 is 31.7 Å². The number of carbonyl (C=O) groups is 1. The summed E-state index contributed by atoms with van der Waals surface area (Å²) in [6, 6.07) is 25.2. The van der Waals surface area contributed by atoms with Gasteiger partial charge in [-0.1, -0.05) is 173 Å². The minimum atomic E-state index is -5.81. The fraction of sp³-hybridized carbons (Fsp3) is 0.525. The first-order chi connectivity index (χ1) is 24.3. The predicted octanol–water partition coefficient (Wildman–Crippen LogP) is 12.8. The second-order valence-corrected chi connectivity index (χ2v) is 18.0. The molecule has 0 aromatic heterocycles. The molecule has 0 heterocycles. The number of hydrogen-bond donors (Lipinski definition) is 0. The molecule has 5 nitrogen and oxygen atoms in total. The van der Waals surface area contributed by atoms with E-state index in [-0.39, 0.29) is 6.61 Å². The third-order valence-corrected chi connectivity index (χ3v) is 14.4. The van der Waals surface area contributed by atoms with E-state index in [9.17, 15) is 13.2 Å². The van der Waals surface area contributed by atoms with Gasteiger partial charge in [0.25, 0.3) is 0 Å². The summed E-state index contributed by atoms with van der Waals surface area (Å²) in [4.78, 5) is 13.7. The molecule has 0 spiro atoms. The Morgan fingerprint density at radius 3 is 1.14 bits per heavy atom. The normalized spacial score (nSPS) is 12.5. The third kappa shape index (κ3) is 13.4. The number of carbonyl (C=O) groups excluding carboxylic acids is 1. The number of rotatable bonds is 27. The number of unbranched alkanes of at least 4 members (excludes halogenated alkanes) is 17. The maximum absolute atomic E-state index is 15.4. The summed E-state index contributed by atoms with van der Waals surface area (Å²) in [5, 5.41) is -3.79. The monoisotopic (exact) mass is 796 g/mol. The van der Waals surface area contributed by atoms with E-state index >= 15 is 8.78 Å². The Labute approximate surface area is 309 Å². The molecule has 0 saturated carbocycles. The average Bonchev–Trinajstić information content (AvgIpc) is 3.14. The highest BCUT2D eigenvalue weighted by Gasteiger charge is 2.58. The van der Waals surface area contributed by atoms with E-state index in [1.807, 2.05) is 0 Å². The number of alkyl halides is 3. The molecule has 3 aromatic carbocycles. The Morgan fingerprint density at radius 1 is 0.520 bits per heavy atom. The summed E-state index contributed by atoms with van der Waals surface area (Å²) in [6.07, 6.45) is 21.3. The highest BCUT2D eigenvalue weighted by molar-refractivity contribution is 9.09. The molecule has 0 radical (unpaired) electrons. The Balaban J connectivity index is 1.39. The van der Waals surface area contributed by atoms with Gasteiger partial charge >= 0.3 is 21.3 Å². The summed E-state index contributed by atoms with van der Waals surface area (Å²) in [7, 11) is -9.05. The quantitative estimate of drug-likeness (QED) is 0.0436. The standard InChI is InChI=1S/C40H55BrF2O5S2/c41-34-26-15-13-11-9-7-5-3-1-2-4-6-8-10-12-14-16-27-35-47-39(44)40(42,43)50(45,46)48-49(36-28-20-17-21-29-36,37-30-22-18-23-31-37)38-32-24-19-25-33-38/h17-25,28-33H,1-16,26-27,34-35H2. The topological polar surface area (TPSA) is 69.7 Å². The van der Waals surface area contributed by atoms with Gasteiger partial charge in [-0.25, -0.2) is 8.42 Å². The van der Waals surface area contributed by atoms with E-state index in [2.05, 4.69) is 15.9 Å². The molecule has 0 bridgehead atoms. The fourth-order valence-corrected chi connectivity index (χ4v) is 11.4. The van der Waals surface area contributed by atoms with Crippen LogP contribution in [0.5, 0.6) is 0 Å². The lowest BCUT2D eigenvalue weighted by atomic mass is 10.0. The number of halogens is 3. The summed E-state index contributed by atoms with van der Waals surface area (Å²) < 4.78 is 68.1. The van der Waals surface area contributed by atoms with Crippen molar-refractivity contribution in [1.29, 1.82) is 0 Å². The summed E-state index contributed by atoms with van der Waals surface area (Å²) in [5.41, 5.74) is 0. The zero-order chi connectivity index (χ0) is 36.0. The van der Waals surface area contributed by atoms with Gasteiger partial charge in [0.2, 0.25) is 0 Å². The Hall–Kier alpha value is -2.27. The van der Waals surface area contributed by atoms with Gasteiger partial charge in [0.1, 0.15) is 0 Å². The molecule has 0 aliphatic heterocycles. The van der Waals surface area contributed by atoms with Crippen LogP contribution in [0.25, 0.3) is 0 Å². The molecule has 50 heavy (non-hydrogen) atoms. The Bertz CT molecular complexity index is 1350. The zero-order valence-electron chi connectivity index (χ0n) is 29.3. The van der Waals surface area contributed by atoms with Crippen molar-refractivity contribution in [2.75, 3.05) is 11.9 Å². The van der Waals surface area contributed by atoms with E-state index in [1.54, 1.807) is 91.0 Å². The molecule has 3 aromatic rings. The van der Waals surface area contributed by atoms with Crippen LogP contribution in [0.4, 0.5) is 8.78 Å². The molecule has 10 heteroatoms. The van der Waals surface area contributed by atoms with Crippen molar-refractivity contribution in [1.82, 2.24) is 0 Å². The molecule has 3 rings (SSSR count). The van der Waals surface area contributed by atoms with Crippen molar-refractivity contribution >= 4 is 42.3 Å².